The third kappa shape index (κ3) is 3.18. The van der Waals surface area contributed by atoms with Crippen LogP contribution in [-0.4, -0.2) is 25.8 Å². The molecule has 0 aliphatic carbocycles. The van der Waals surface area contributed by atoms with Crippen LogP contribution in [0.4, 0.5) is 0 Å². The summed E-state index contributed by atoms with van der Waals surface area (Å²) in [7, 11) is 0. The van der Waals surface area contributed by atoms with E-state index < -0.39 is 5.97 Å². The monoisotopic (exact) mass is 415 g/mol. The average Bonchev–Trinajstić information content (AvgIpc) is 2.71. The Labute approximate surface area is 139 Å². The molecule has 0 radical (unpaired) electrons. The van der Waals surface area contributed by atoms with Gasteiger partial charge in [-0.05, 0) is 56.5 Å². The Balaban J connectivity index is 2.77. The van der Waals surface area contributed by atoms with Crippen LogP contribution in [0.1, 0.15) is 42.8 Å². The SMILES string of the molecule is Cc1cc(Br)c(-n2nc(C(=O)O)nc2C(C)(C)C)c(Br)c1. The molecule has 1 N–H and O–H groups in total. The highest BCUT2D eigenvalue weighted by Crippen LogP contribution is 2.33. The number of aromatic nitrogens is 3. The van der Waals surface area contributed by atoms with E-state index in [0.717, 1.165) is 20.2 Å². The number of hydrogen-bond donors (Lipinski definition) is 1. The van der Waals surface area contributed by atoms with E-state index in [0.29, 0.717) is 5.82 Å². The van der Waals surface area contributed by atoms with Gasteiger partial charge in [0.15, 0.2) is 0 Å². The first-order valence-electron chi connectivity index (χ1n) is 6.28. The molecule has 21 heavy (non-hydrogen) atoms. The van der Waals surface area contributed by atoms with Crippen LogP contribution in [0.5, 0.6) is 0 Å². The minimum atomic E-state index is -1.14. The molecular formula is C14H15Br2N3O2. The lowest BCUT2D eigenvalue weighted by Crippen LogP contribution is -2.19. The molecule has 1 aromatic carbocycles. The number of aryl methyl sites for hydroxylation is 1. The van der Waals surface area contributed by atoms with E-state index in [1.165, 1.54) is 0 Å². The first-order valence-corrected chi connectivity index (χ1v) is 7.86. The van der Waals surface area contributed by atoms with Gasteiger partial charge in [0.1, 0.15) is 5.82 Å². The normalized spacial score (nSPS) is 11.7. The number of halogens is 2. The van der Waals surface area contributed by atoms with E-state index in [4.69, 9.17) is 5.11 Å². The minimum absolute atomic E-state index is 0.209. The second-order valence-electron chi connectivity index (χ2n) is 5.80. The van der Waals surface area contributed by atoms with Gasteiger partial charge in [0.05, 0.1) is 5.69 Å². The van der Waals surface area contributed by atoms with Crippen LogP contribution in [-0.2, 0) is 5.41 Å². The van der Waals surface area contributed by atoms with Crippen molar-refractivity contribution in [3.8, 4) is 5.69 Å². The molecule has 7 heteroatoms. The summed E-state index contributed by atoms with van der Waals surface area (Å²) in [5.74, 6) is -0.761. The van der Waals surface area contributed by atoms with Crippen molar-refractivity contribution in [3.05, 3.63) is 38.3 Å². The Bertz CT molecular complexity index is 694. The number of benzene rings is 1. The molecule has 0 amide bonds. The summed E-state index contributed by atoms with van der Waals surface area (Å²) in [6.45, 7) is 7.88. The smallest absolute Gasteiger partial charge is 0.375 e. The summed E-state index contributed by atoms with van der Waals surface area (Å²) < 4.78 is 3.22. The van der Waals surface area contributed by atoms with Crippen LogP contribution in [0.2, 0.25) is 0 Å². The van der Waals surface area contributed by atoms with Gasteiger partial charge >= 0.3 is 5.97 Å². The number of carboxylic acids is 1. The summed E-state index contributed by atoms with van der Waals surface area (Å²) in [6, 6.07) is 3.91. The Morgan fingerprint density at radius 2 is 1.76 bits per heavy atom. The van der Waals surface area contributed by atoms with Gasteiger partial charge < -0.3 is 5.11 Å². The van der Waals surface area contributed by atoms with Gasteiger partial charge in [-0.15, -0.1) is 5.10 Å². The standard InChI is InChI=1S/C14H15Br2N3O2/c1-7-5-8(15)10(9(16)6-7)19-13(14(2,3)4)17-11(18-19)12(20)21/h5-6H,1-4H3,(H,20,21). The molecule has 112 valence electrons. The average molecular weight is 417 g/mol. The van der Waals surface area contributed by atoms with E-state index in [1.807, 2.05) is 39.8 Å². The maximum Gasteiger partial charge on any atom is 0.375 e. The molecule has 0 unspecified atom stereocenters. The van der Waals surface area contributed by atoms with Crippen molar-refractivity contribution in [1.29, 1.82) is 0 Å². The van der Waals surface area contributed by atoms with Gasteiger partial charge in [0, 0.05) is 14.4 Å². The molecule has 0 saturated heterocycles. The highest BCUT2D eigenvalue weighted by Gasteiger charge is 2.27. The summed E-state index contributed by atoms with van der Waals surface area (Å²) in [4.78, 5) is 15.4. The van der Waals surface area contributed by atoms with E-state index in [1.54, 1.807) is 4.68 Å². The fourth-order valence-corrected chi connectivity index (χ4v) is 3.69. The number of aromatic carboxylic acids is 1. The van der Waals surface area contributed by atoms with E-state index in [9.17, 15) is 4.79 Å². The van der Waals surface area contributed by atoms with Gasteiger partial charge in [-0.1, -0.05) is 20.8 Å². The molecule has 2 rings (SSSR count). The third-order valence-electron chi connectivity index (χ3n) is 2.84. The second-order valence-corrected chi connectivity index (χ2v) is 7.51. The lowest BCUT2D eigenvalue weighted by Gasteiger charge is -2.19. The third-order valence-corrected chi connectivity index (χ3v) is 4.05. The Morgan fingerprint density at radius 3 is 2.19 bits per heavy atom. The molecule has 0 saturated carbocycles. The van der Waals surface area contributed by atoms with Crippen LogP contribution < -0.4 is 0 Å². The van der Waals surface area contributed by atoms with Crippen molar-refractivity contribution in [2.45, 2.75) is 33.1 Å². The zero-order valence-electron chi connectivity index (χ0n) is 12.1. The van der Waals surface area contributed by atoms with Crippen molar-refractivity contribution in [1.82, 2.24) is 14.8 Å². The number of carbonyl (C=O) groups is 1. The number of nitrogens with zero attached hydrogens (tertiary/aromatic N) is 3. The largest absolute Gasteiger partial charge is 0.475 e. The Morgan fingerprint density at radius 1 is 1.24 bits per heavy atom. The second kappa shape index (κ2) is 5.53. The highest BCUT2D eigenvalue weighted by molar-refractivity contribution is 9.11. The molecule has 0 bridgehead atoms. The number of rotatable bonds is 2. The van der Waals surface area contributed by atoms with Crippen LogP contribution in [0.15, 0.2) is 21.1 Å². The summed E-state index contributed by atoms with van der Waals surface area (Å²) >= 11 is 7.03. The van der Waals surface area contributed by atoms with Crippen LogP contribution >= 0.6 is 31.9 Å². The highest BCUT2D eigenvalue weighted by atomic mass is 79.9. The minimum Gasteiger partial charge on any atom is -0.475 e. The lowest BCUT2D eigenvalue weighted by atomic mass is 9.95. The van der Waals surface area contributed by atoms with Gasteiger partial charge in [0.25, 0.3) is 5.82 Å². The number of carboxylic acid groups (broad SMARTS) is 1. The van der Waals surface area contributed by atoms with E-state index in [-0.39, 0.29) is 11.2 Å². The molecule has 0 fully saturated rings. The van der Waals surface area contributed by atoms with Crippen LogP contribution in [0.25, 0.3) is 5.69 Å². The molecule has 2 aromatic rings. The first-order chi connectivity index (χ1) is 9.61. The topological polar surface area (TPSA) is 68.0 Å². The molecule has 0 aliphatic heterocycles. The molecule has 1 aromatic heterocycles. The zero-order chi connectivity index (χ0) is 15.9. The maximum atomic E-state index is 11.2. The fourth-order valence-electron chi connectivity index (χ4n) is 1.94. The lowest BCUT2D eigenvalue weighted by molar-refractivity contribution is 0.0683. The maximum absolute atomic E-state index is 11.2. The van der Waals surface area contributed by atoms with Gasteiger partial charge in [-0.25, -0.2) is 14.5 Å². The van der Waals surface area contributed by atoms with Crippen LogP contribution in [0, 0.1) is 6.92 Å². The zero-order valence-corrected chi connectivity index (χ0v) is 15.3. The summed E-state index contributed by atoms with van der Waals surface area (Å²) in [5.41, 5.74) is 1.48. The van der Waals surface area contributed by atoms with E-state index in [2.05, 4.69) is 41.9 Å². The number of hydrogen-bond acceptors (Lipinski definition) is 3. The Kier molecular flexibility index (Phi) is 4.26. The van der Waals surface area contributed by atoms with Gasteiger partial charge in [0.2, 0.25) is 0 Å². The molecule has 0 aliphatic rings. The van der Waals surface area contributed by atoms with Crippen molar-refractivity contribution in [2.75, 3.05) is 0 Å². The summed E-state index contributed by atoms with van der Waals surface area (Å²) in [5, 5.41) is 13.3. The first kappa shape index (κ1) is 16.2. The summed E-state index contributed by atoms with van der Waals surface area (Å²) in [6.07, 6.45) is 0. The Hall–Kier alpha value is -1.21. The van der Waals surface area contributed by atoms with E-state index >= 15 is 0 Å². The molecule has 5 nitrogen and oxygen atoms in total. The van der Waals surface area contributed by atoms with Gasteiger partial charge in [-0.3, -0.25) is 0 Å². The molecular weight excluding hydrogens is 402 g/mol. The predicted octanol–water partition coefficient (Wildman–Crippen LogP) is 4.10. The van der Waals surface area contributed by atoms with Crippen LogP contribution in [0.3, 0.4) is 0 Å². The van der Waals surface area contributed by atoms with Crippen molar-refractivity contribution < 1.29 is 9.90 Å². The molecule has 0 spiro atoms. The van der Waals surface area contributed by atoms with Gasteiger partial charge in [-0.2, -0.15) is 0 Å². The predicted molar refractivity (Wildman–Crippen MR) is 87.2 cm³/mol. The molecule has 1 heterocycles. The quantitative estimate of drug-likeness (QED) is 0.800. The fraction of sp³-hybridized carbons (Fsp3) is 0.357. The van der Waals surface area contributed by atoms with Crippen molar-refractivity contribution >= 4 is 37.8 Å². The van der Waals surface area contributed by atoms with Crippen molar-refractivity contribution in [3.63, 3.8) is 0 Å². The molecule has 0 atom stereocenters. The van der Waals surface area contributed by atoms with Crippen molar-refractivity contribution in [2.24, 2.45) is 0 Å².